The van der Waals surface area contributed by atoms with Crippen LogP contribution in [0.15, 0.2) is 48.7 Å². The van der Waals surface area contributed by atoms with Gasteiger partial charge in [0.1, 0.15) is 5.75 Å². The minimum absolute atomic E-state index is 0.0321. The Hall–Kier alpha value is -0.920. The molecule has 4 nitrogen and oxygen atoms in total. The van der Waals surface area contributed by atoms with Gasteiger partial charge in [-0.2, -0.15) is 0 Å². The number of hydrogen-bond donors (Lipinski definition) is 0. The molecule has 0 aliphatic heterocycles. The molecule has 0 saturated carbocycles. The lowest BCUT2D eigenvalue weighted by Gasteiger charge is -2.08. The van der Waals surface area contributed by atoms with Gasteiger partial charge in [0.15, 0.2) is 5.78 Å². The molecule has 21 heavy (non-hydrogen) atoms. The first kappa shape index (κ1) is 16.5. The molecule has 0 aliphatic carbocycles. The number of aromatic nitrogens is 1. The van der Waals surface area contributed by atoms with Crippen LogP contribution in [0.2, 0.25) is 0 Å². The number of carbonyl (C=O) groups is 1. The number of benzene rings is 1. The van der Waals surface area contributed by atoms with Gasteiger partial charge in [0, 0.05) is 16.2 Å². The number of rotatable bonds is 4. The summed E-state index contributed by atoms with van der Waals surface area (Å²) < 4.78 is 8.30. The van der Waals surface area contributed by atoms with Crippen molar-refractivity contribution in [3.05, 3.63) is 59.8 Å². The molecule has 0 saturated heterocycles. The van der Waals surface area contributed by atoms with E-state index in [-0.39, 0.29) is 17.9 Å². The lowest BCUT2D eigenvalue weighted by molar-refractivity contribution is 0.0970. The first-order valence-corrected chi connectivity index (χ1v) is 8.22. The summed E-state index contributed by atoms with van der Waals surface area (Å²) in [6.07, 6.45) is 1.59. The molecule has 0 aliphatic rings. The van der Waals surface area contributed by atoms with Crippen molar-refractivity contribution >= 4 is 53.6 Å². The fraction of sp³-hybridized carbons (Fsp3) is 0.143. The van der Waals surface area contributed by atoms with E-state index in [4.69, 9.17) is 4.74 Å². The summed E-state index contributed by atoms with van der Waals surface area (Å²) in [4.78, 5) is 24.3. The molecule has 1 heterocycles. The monoisotopic (exact) mass is 477 g/mol. The van der Waals surface area contributed by atoms with Crippen LogP contribution in [0.4, 0.5) is 0 Å². The summed E-state index contributed by atoms with van der Waals surface area (Å²) >= 11 is 9.81. The molecule has 0 atom stereocenters. The molecular formula is C14H10Br3NO3. The minimum Gasteiger partial charge on any atom is -0.496 e. The van der Waals surface area contributed by atoms with E-state index in [0.717, 1.165) is 4.47 Å². The van der Waals surface area contributed by atoms with Gasteiger partial charge in [-0.15, -0.1) is 0 Å². The van der Waals surface area contributed by atoms with Crippen molar-refractivity contribution in [2.45, 2.75) is 6.54 Å². The van der Waals surface area contributed by atoms with Crippen LogP contribution in [0.3, 0.4) is 0 Å². The lowest BCUT2D eigenvalue weighted by atomic mass is 10.1. The van der Waals surface area contributed by atoms with E-state index >= 15 is 0 Å². The predicted octanol–water partition coefficient (Wildman–Crippen LogP) is 4.03. The number of ether oxygens (including phenoxy) is 1. The summed E-state index contributed by atoms with van der Waals surface area (Å²) in [7, 11) is 1.56. The molecule has 2 aromatic rings. The van der Waals surface area contributed by atoms with Crippen molar-refractivity contribution in [3.8, 4) is 5.75 Å². The van der Waals surface area contributed by atoms with Crippen molar-refractivity contribution in [1.29, 1.82) is 0 Å². The van der Waals surface area contributed by atoms with Crippen molar-refractivity contribution < 1.29 is 9.53 Å². The van der Waals surface area contributed by atoms with E-state index in [0.29, 0.717) is 20.3 Å². The normalized spacial score (nSPS) is 10.5. The Morgan fingerprint density at radius 3 is 2.52 bits per heavy atom. The van der Waals surface area contributed by atoms with Crippen LogP contribution in [-0.2, 0) is 6.54 Å². The fourth-order valence-electron chi connectivity index (χ4n) is 1.77. The van der Waals surface area contributed by atoms with Gasteiger partial charge in [0.2, 0.25) is 0 Å². The zero-order chi connectivity index (χ0) is 15.6. The highest BCUT2D eigenvalue weighted by Gasteiger charge is 2.12. The third kappa shape index (κ3) is 3.84. The first-order valence-electron chi connectivity index (χ1n) is 5.84. The number of carbonyl (C=O) groups excluding carboxylic acids is 1. The molecular weight excluding hydrogens is 470 g/mol. The second-order valence-corrected chi connectivity index (χ2v) is 6.84. The molecule has 1 aromatic heterocycles. The van der Waals surface area contributed by atoms with Crippen molar-refractivity contribution in [1.82, 2.24) is 4.57 Å². The number of methoxy groups -OCH3 is 1. The maximum absolute atomic E-state index is 12.3. The maximum Gasteiger partial charge on any atom is 0.265 e. The molecule has 110 valence electrons. The Morgan fingerprint density at radius 2 is 1.90 bits per heavy atom. The van der Waals surface area contributed by atoms with E-state index in [1.165, 1.54) is 4.57 Å². The summed E-state index contributed by atoms with van der Waals surface area (Å²) in [5.41, 5.74) is 0.254. The zero-order valence-electron chi connectivity index (χ0n) is 10.9. The zero-order valence-corrected chi connectivity index (χ0v) is 15.7. The summed E-state index contributed by atoms with van der Waals surface area (Å²) in [6.45, 7) is -0.0321. The number of pyridine rings is 1. The van der Waals surface area contributed by atoms with Crippen LogP contribution >= 0.6 is 47.8 Å². The average Bonchev–Trinajstić information content (AvgIpc) is 2.44. The van der Waals surface area contributed by atoms with Gasteiger partial charge in [-0.25, -0.2) is 0 Å². The second kappa shape index (κ2) is 6.89. The van der Waals surface area contributed by atoms with E-state index in [1.807, 2.05) is 0 Å². The standard InChI is InChI=1S/C14H10Br3NO3/c1-21-13-3-2-8(4-10(13)16)12(19)7-18-6-9(15)5-11(17)14(18)20/h2-6H,7H2,1H3. The van der Waals surface area contributed by atoms with E-state index in [9.17, 15) is 9.59 Å². The average molecular weight is 480 g/mol. The molecule has 2 rings (SSSR count). The highest BCUT2D eigenvalue weighted by atomic mass is 79.9. The smallest absolute Gasteiger partial charge is 0.265 e. The third-order valence-electron chi connectivity index (χ3n) is 2.80. The topological polar surface area (TPSA) is 48.3 Å². The predicted molar refractivity (Wildman–Crippen MR) is 91.1 cm³/mol. The minimum atomic E-state index is -0.251. The molecule has 0 unspecified atom stereocenters. The summed E-state index contributed by atoms with van der Waals surface area (Å²) in [6, 6.07) is 6.70. The van der Waals surface area contributed by atoms with Gasteiger partial charge in [-0.3, -0.25) is 9.59 Å². The molecule has 1 aromatic carbocycles. The summed E-state index contributed by atoms with van der Waals surface area (Å²) in [5, 5.41) is 0. The van der Waals surface area contributed by atoms with E-state index in [2.05, 4.69) is 47.8 Å². The molecule has 0 N–H and O–H groups in total. The molecule has 0 spiro atoms. The Kier molecular flexibility index (Phi) is 5.40. The van der Waals surface area contributed by atoms with Gasteiger partial charge in [-0.1, -0.05) is 0 Å². The number of hydrogen-bond acceptors (Lipinski definition) is 3. The van der Waals surface area contributed by atoms with Crippen molar-refractivity contribution in [3.63, 3.8) is 0 Å². The van der Waals surface area contributed by atoms with Crippen LogP contribution in [0.5, 0.6) is 5.75 Å². The quantitative estimate of drug-likeness (QED) is 0.622. The van der Waals surface area contributed by atoms with Crippen molar-refractivity contribution in [2.24, 2.45) is 0 Å². The Morgan fingerprint density at radius 1 is 1.19 bits per heavy atom. The highest BCUT2D eigenvalue weighted by molar-refractivity contribution is 9.11. The SMILES string of the molecule is COc1ccc(C(=O)Cn2cc(Br)cc(Br)c2=O)cc1Br. The third-order valence-corrected chi connectivity index (χ3v) is 4.42. The maximum atomic E-state index is 12.3. The molecule has 7 heteroatoms. The van der Waals surface area contributed by atoms with Gasteiger partial charge in [0.25, 0.3) is 5.56 Å². The number of halogens is 3. The van der Waals surface area contributed by atoms with Crippen LogP contribution in [0, 0.1) is 0 Å². The fourth-order valence-corrected chi connectivity index (χ4v) is 3.57. The molecule has 0 fully saturated rings. The van der Waals surface area contributed by atoms with E-state index < -0.39 is 0 Å². The number of nitrogens with zero attached hydrogens (tertiary/aromatic N) is 1. The number of ketones is 1. The van der Waals surface area contributed by atoms with Gasteiger partial charge in [-0.05, 0) is 72.1 Å². The first-order chi connectivity index (χ1) is 9.92. The second-order valence-electron chi connectivity index (χ2n) is 4.21. The van der Waals surface area contributed by atoms with Crippen LogP contribution in [-0.4, -0.2) is 17.5 Å². The Balaban J connectivity index is 2.30. The van der Waals surface area contributed by atoms with Crippen LogP contribution < -0.4 is 10.3 Å². The van der Waals surface area contributed by atoms with E-state index in [1.54, 1.807) is 37.6 Å². The largest absolute Gasteiger partial charge is 0.496 e. The molecule has 0 amide bonds. The van der Waals surface area contributed by atoms with Gasteiger partial charge < -0.3 is 9.30 Å². The van der Waals surface area contributed by atoms with Gasteiger partial charge in [0.05, 0.1) is 22.6 Å². The van der Waals surface area contributed by atoms with Crippen LogP contribution in [0.25, 0.3) is 0 Å². The van der Waals surface area contributed by atoms with Crippen molar-refractivity contribution in [2.75, 3.05) is 7.11 Å². The van der Waals surface area contributed by atoms with Crippen LogP contribution in [0.1, 0.15) is 10.4 Å². The highest BCUT2D eigenvalue weighted by Crippen LogP contribution is 2.25. The number of Topliss-reactive ketones (excluding diaryl/α,β-unsaturated/α-hetero) is 1. The Labute approximate surface area is 146 Å². The molecule has 0 bridgehead atoms. The molecule has 0 radical (unpaired) electrons. The lowest BCUT2D eigenvalue weighted by Crippen LogP contribution is -2.24. The Bertz CT molecular complexity index is 756. The van der Waals surface area contributed by atoms with Gasteiger partial charge >= 0.3 is 0 Å². The summed E-state index contributed by atoms with van der Waals surface area (Å²) in [5.74, 6) is 0.486.